The number of rotatable bonds is 4. The van der Waals surface area contributed by atoms with Crippen LogP contribution in [0.15, 0.2) is 42.5 Å². The number of anilines is 1. The number of nitrogens with one attached hydrogen (secondary N) is 3. The Kier molecular flexibility index (Phi) is 6.84. The Hall–Kier alpha value is -2.48. The molecule has 5 rings (SSSR count). The van der Waals surface area contributed by atoms with E-state index in [9.17, 15) is 14.7 Å². The quantitative estimate of drug-likeness (QED) is 0.466. The van der Waals surface area contributed by atoms with E-state index in [0.29, 0.717) is 37.8 Å². The topological polar surface area (TPSA) is 90.5 Å². The van der Waals surface area contributed by atoms with Gasteiger partial charge in [0.1, 0.15) is 11.2 Å². The lowest BCUT2D eigenvalue weighted by Crippen LogP contribution is -2.50. The number of fused-ring (bicyclic) bond motifs is 2. The van der Waals surface area contributed by atoms with Crippen LogP contribution < -0.4 is 16.0 Å². The zero-order valence-electron chi connectivity index (χ0n) is 21.5. The molecule has 0 aromatic heterocycles. The number of aliphatic hydroxyl groups is 1. The van der Waals surface area contributed by atoms with Gasteiger partial charge in [-0.1, -0.05) is 62.7 Å². The van der Waals surface area contributed by atoms with Gasteiger partial charge in [0.2, 0.25) is 11.8 Å². The van der Waals surface area contributed by atoms with Gasteiger partial charge in [0.25, 0.3) is 0 Å². The minimum atomic E-state index is -1.21. The van der Waals surface area contributed by atoms with Crippen LogP contribution in [-0.2, 0) is 15.0 Å². The van der Waals surface area contributed by atoms with Gasteiger partial charge in [-0.2, -0.15) is 0 Å². The molecule has 1 spiro atoms. The molecule has 2 aliphatic heterocycles. The molecule has 2 heterocycles. The molecule has 2 fully saturated rings. The zero-order chi connectivity index (χ0) is 26.5. The minimum Gasteiger partial charge on any atom is -0.393 e. The molecule has 8 heteroatoms. The lowest BCUT2D eigenvalue weighted by molar-refractivity contribution is -0.124. The average Bonchev–Trinajstić information content (AvgIpc) is 3.32. The summed E-state index contributed by atoms with van der Waals surface area (Å²) in [6.07, 6.45) is 2.85. The van der Waals surface area contributed by atoms with Crippen LogP contribution in [0.2, 0.25) is 5.02 Å². The summed E-state index contributed by atoms with van der Waals surface area (Å²) >= 11 is 6.24. The van der Waals surface area contributed by atoms with E-state index in [-0.39, 0.29) is 40.0 Å². The van der Waals surface area contributed by atoms with Gasteiger partial charge in [0, 0.05) is 23.7 Å². The zero-order valence-corrected chi connectivity index (χ0v) is 22.2. The van der Waals surface area contributed by atoms with Gasteiger partial charge < -0.3 is 21.1 Å². The number of aliphatic hydroxyl groups excluding tert-OH is 1. The molecule has 2 aromatic rings. The average molecular weight is 528 g/mol. The Labute approximate surface area is 222 Å². The SMILES string of the molecule is CC(C)(C)C[C@@H]1N[C@@H](C(=O)NC2CCC(O)CC2)[C@H](c2cccc(Cl)c2F)[C@]12C(=O)Nc1ccccc12. The van der Waals surface area contributed by atoms with Gasteiger partial charge in [-0.25, -0.2) is 4.39 Å². The minimum absolute atomic E-state index is 0.0426. The van der Waals surface area contributed by atoms with Crippen LogP contribution in [0.4, 0.5) is 10.1 Å². The van der Waals surface area contributed by atoms with Crippen LogP contribution in [0.25, 0.3) is 0 Å². The predicted octanol–water partition coefficient (Wildman–Crippen LogP) is 4.65. The third kappa shape index (κ3) is 4.55. The summed E-state index contributed by atoms with van der Waals surface area (Å²) < 4.78 is 15.7. The third-order valence-corrected chi connectivity index (χ3v) is 8.50. The summed E-state index contributed by atoms with van der Waals surface area (Å²) in [7, 11) is 0. The second kappa shape index (κ2) is 9.68. The van der Waals surface area contributed by atoms with Crippen LogP contribution in [-0.4, -0.2) is 41.2 Å². The van der Waals surface area contributed by atoms with E-state index in [1.165, 1.54) is 6.07 Å². The smallest absolute Gasteiger partial charge is 0.238 e. The van der Waals surface area contributed by atoms with Gasteiger partial charge in [-0.3, -0.25) is 9.59 Å². The molecule has 3 aliphatic rings. The highest BCUT2D eigenvalue weighted by Crippen LogP contribution is 2.56. The number of benzene rings is 2. The predicted molar refractivity (Wildman–Crippen MR) is 142 cm³/mol. The monoisotopic (exact) mass is 527 g/mol. The first kappa shape index (κ1) is 26.1. The van der Waals surface area contributed by atoms with Crippen molar-refractivity contribution in [2.75, 3.05) is 5.32 Å². The molecule has 37 heavy (non-hydrogen) atoms. The fourth-order valence-electron chi connectivity index (χ4n) is 6.64. The standard InChI is InChI=1S/C29H35ClFN3O3/c1-28(2,3)15-22-29(19-8-4-5-10-21(19)33-27(29)37)23(18-7-6-9-20(30)24(18)31)25(34-22)26(36)32-16-11-13-17(35)14-12-16/h4-10,16-17,22-23,25,34-35H,11-15H2,1-3H3,(H,32,36)(H,33,37)/t16?,17?,22-,23-,25+,29+/m0/s1. The summed E-state index contributed by atoms with van der Waals surface area (Å²) in [4.78, 5) is 28.0. The Morgan fingerprint density at radius 2 is 1.84 bits per heavy atom. The summed E-state index contributed by atoms with van der Waals surface area (Å²) in [5.41, 5.74) is 0.318. The molecule has 198 valence electrons. The Morgan fingerprint density at radius 3 is 2.54 bits per heavy atom. The number of hydrogen-bond donors (Lipinski definition) is 4. The maximum atomic E-state index is 15.7. The lowest BCUT2D eigenvalue weighted by atomic mass is 9.62. The Balaban J connectivity index is 1.66. The lowest BCUT2D eigenvalue weighted by Gasteiger charge is -2.37. The molecule has 6 nitrogen and oxygen atoms in total. The molecular formula is C29H35ClFN3O3. The summed E-state index contributed by atoms with van der Waals surface area (Å²) in [6, 6.07) is 10.9. The number of para-hydroxylation sites is 1. The van der Waals surface area contributed by atoms with Crippen LogP contribution in [0.5, 0.6) is 0 Å². The molecule has 1 aliphatic carbocycles. The molecular weight excluding hydrogens is 493 g/mol. The van der Waals surface area contributed by atoms with Crippen LogP contribution in [0.1, 0.15) is 69.9 Å². The van der Waals surface area contributed by atoms with Gasteiger partial charge in [-0.05, 0) is 60.8 Å². The van der Waals surface area contributed by atoms with E-state index in [2.05, 4.69) is 36.7 Å². The van der Waals surface area contributed by atoms with E-state index in [0.717, 1.165) is 5.56 Å². The second-order valence-corrected chi connectivity index (χ2v) is 12.4. The van der Waals surface area contributed by atoms with Crippen molar-refractivity contribution in [3.8, 4) is 0 Å². The van der Waals surface area contributed by atoms with E-state index in [1.54, 1.807) is 12.1 Å². The molecule has 0 bridgehead atoms. The van der Waals surface area contributed by atoms with E-state index < -0.39 is 29.2 Å². The van der Waals surface area contributed by atoms with Crippen LogP contribution in [0.3, 0.4) is 0 Å². The summed E-state index contributed by atoms with van der Waals surface area (Å²) in [5, 5.41) is 19.5. The number of carbonyl (C=O) groups excluding carboxylic acids is 2. The second-order valence-electron chi connectivity index (χ2n) is 12.0. The maximum absolute atomic E-state index is 15.7. The van der Waals surface area contributed by atoms with Crippen molar-refractivity contribution in [1.29, 1.82) is 0 Å². The fourth-order valence-corrected chi connectivity index (χ4v) is 6.82. The molecule has 4 N–H and O–H groups in total. The molecule has 0 radical (unpaired) electrons. The van der Waals surface area contributed by atoms with Gasteiger partial charge >= 0.3 is 0 Å². The van der Waals surface area contributed by atoms with Crippen molar-refractivity contribution >= 4 is 29.1 Å². The number of hydrogen-bond acceptors (Lipinski definition) is 4. The molecule has 2 aromatic carbocycles. The first-order chi connectivity index (χ1) is 17.5. The maximum Gasteiger partial charge on any atom is 0.238 e. The summed E-state index contributed by atoms with van der Waals surface area (Å²) in [5.74, 6) is -1.94. The van der Waals surface area contributed by atoms with E-state index in [1.807, 2.05) is 24.3 Å². The van der Waals surface area contributed by atoms with Gasteiger partial charge in [0.15, 0.2) is 0 Å². The molecule has 2 amide bonds. The third-order valence-electron chi connectivity index (χ3n) is 8.21. The molecule has 0 unspecified atom stereocenters. The van der Waals surface area contributed by atoms with E-state index in [4.69, 9.17) is 11.6 Å². The van der Waals surface area contributed by atoms with E-state index >= 15 is 4.39 Å². The van der Waals surface area contributed by atoms with Crippen molar-refractivity contribution in [2.24, 2.45) is 5.41 Å². The number of carbonyl (C=O) groups is 2. The largest absolute Gasteiger partial charge is 0.393 e. The van der Waals surface area contributed by atoms with Crippen molar-refractivity contribution in [2.45, 2.75) is 88.4 Å². The Bertz CT molecular complexity index is 1210. The first-order valence-corrected chi connectivity index (χ1v) is 13.5. The summed E-state index contributed by atoms with van der Waals surface area (Å²) in [6.45, 7) is 6.28. The number of halogens is 2. The highest BCUT2D eigenvalue weighted by atomic mass is 35.5. The van der Waals surface area contributed by atoms with Crippen LogP contribution >= 0.6 is 11.6 Å². The molecule has 4 atom stereocenters. The van der Waals surface area contributed by atoms with Crippen LogP contribution in [0, 0.1) is 11.2 Å². The van der Waals surface area contributed by atoms with Crippen molar-refractivity contribution in [1.82, 2.24) is 10.6 Å². The van der Waals surface area contributed by atoms with Crippen molar-refractivity contribution in [3.05, 3.63) is 64.4 Å². The number of amides is 2. The fraction of sp³-hybridized carbons (Fsp3) is 0.517. The molecule has 1 saturated heterocycles. The Morgan fingerprint density at radius 1 is 1.14 bits per heavy atom. The van der Waals surface area contributed by atoms with Crippen molar-refractivity contribution in [3.63, 3.8) is 0 Å². The van der Waals surface area contributed by atoms with Gasteiger partial charge in [-0.15, -0.1) is 0 Å². The van der Waals surface area contributed by atoms with Crippen molar-refractivity contribution < 1.29 is 19.1 Å². The highest BCUT2D eigenvalue weighted by molar-refractivity contribution is 6.30. The molecule has 1 saturated carbocycles. The normalized spacial score (nSPS) is 31.3. The van der Waals surface area contributed by atoms with Gasteiger partial charge in [0.05, 0.1) is 17.2 Å². The highest BCUT2D eigenvalue weighted by Gasteiger charge is 2.66. The first-order valence-electron chi connectivity index (χ1n) is 13.1.